The number of carbonyl (C=O) groups excluding carboxylic acids is 1. The summed E-state index contributed by atoms with van der Waals surface area (Å²) in [7, 11) is 0. The van der Waals surface area contributed by atoms with Crippen LogP contribution in [0.3, 0.4) is 0 Å². The average molecular weight is 405 g/mol. The lowest BCUT2D eigenvalue weighted by Gasteiger charge is -2.17. The van der Waals surface area contributed by atoms with E-state index in [9.17, 15) is 14.0 Å². The molecule has 0 spiro atoms. The van der Waals surface area contributed by atoms with Gasteiger partial charge in [0.15, 0.2) is 5.65 Å². The van der Waals surface area contributed by atoms with Gasteiger partial charge in [0.25, 0.3) is 5.56 Å². The Bertz CT molecular complexity index is 1280. The number of amides is 1. The third-order valence-electron chi connectivity index (χ3n) is 4.97. The minimum atomic E-state index is -0.368. The van der Waals surface area contributed by atoms with Gasteiger partial charge in [-0.1, -0.05) is 24.3 Å². The number of nitrogens with zero attached hydrogens (tertiary/aromatic N) is 4. The van der Waals surface area contributed by atoms with Crippen LogP contribution in [-0.4, -0.2) is 25.2 Å². The molecule has 152 valence electrons. The zero-order valence-corrected chi connectivity index (χ0v) is 16.5. The molecule has 0 bridgehead atoms. The van der Waals surface area contributed by atoms with Crippen LogP contribution in [0.15, 0.2) is 65.8 Å². The van der Waals surface area contributed by atoms with E-state index in [0.717, 1.165) is 11.1 Å². The van der Waals surface area contributed by atoms with Gasteiger partial charge < -0.3 is 5.32 Å². The third-order valence-corrected chi connectivity index (χ3v) is 4.97. The molecule has 0 unspecified atom stereocenters. The molecule has 4 rings (SSSR count). The van der Waals surface area contributed by atoms with Crippen molar-refractivity contribution in [2.45, 2.75) is 26.4 Å². The molecule has 0 saturated heterocycles. The Morgan fingerprint density at radius 3 is 2.63 bits per heavy atom. The van der Waals surface area contributed by atoms with Crippen LogP contribution in [0.25, 0.3) is 16.7 Å². The predicted octanol–water partition coefficient (Wildman–Crippen LogP) is 2.91. The van der Waals surface area contributed by atoms with Crippen LogP contribution >= 0.6 is 0 Å². The topological polar surface area (TPSA) is 81.8 Å². The number of carbonyl (C=O) groups is 1. The molecule has 1 N–H and O–H groups in total. The van der Waals surface area contributed by atoms with Crippen LogP contribution in [0.2, 0.25) is 0 Å². The molecule has 2 aromatic carbocycles. The second kappa shape index (κ2) is 7.90. The van der Waals surface area contributed by atoms with Crippen LogP contribution in [0.4, 0.5) is 4.39 Å². The molecule has 1 atom stereocenters. The molecule has 0 aliphatic carbocycles. The van der Waals surface area contributed by atoms with Crippen molar-refractivity contribution in [3.8, 4) is 5.69 Å². The molecule has 0 aliphatic heterocycles. The molecule has 30 heavy (non-hydrogen) atoms. The number of aromatic nitrogens is 4. The summed E-state index contributed by atoms with van der Waals surface area (Å²) in [6.45, 7) is 3.73. The van der Waals surface area contributed by atoms with E-state index in [0.29, 0.717) is 11.3 Å². The van der Waals surface area contributed by atoms with Crippen LogP contribution in [-0.2, 0) is 11.3 Å². The average Bonchev–Trinajstić information content (AvgIpc) is 3.16. The number of nitrogens with one attached hydrogen (secondary N) is 1. The van der Waals surface area contributed by atoms with Gasteiger partial charge >= 0.3 is 0 Å². The Labute approximate surface area is 171 Å². The van der Waals surface area contributed by atoms with Crippen molar-refractivity contribution < 1.29 is 9.18 Å². The summed E-state index contributed by atoms with van der Waals surface area (Å²) in [5, 5.41) is 7.39. The van der Waals surface area contributed by atoms with Crippen molar-refractivity contribution >= 4 is 16.9 Å². The number of benzene rings is 2. The lowest BCUT2D eigenvalue weighted by atomic mass is 10.0. The number of halogens is 1. The molecular weight excluding hydrogens is 385 g/mol. The van der Waals surface area contributed by atoms with Crippen molar-refractivity contribution in [3.63, 3.8) is 0 Å². The lowest BCUT2D eigenvalue weighted by molar-refractivity contribution is -0.122. The molecule has 2 aromatic heterocycles. The standard InChI is InChI=1S/C22H20FN5O2/c1-14-5-3-4-6-18(14)15(2)26-20(29)12-27-13-24-21-19(22(27)30)11-25-28(21)17-9-7-16(23)8-10-17/h3-11,13,15H,12H2,1-2H3,(H,26,29)/t15-/m1/s1. The van der Waals surface area contributed by atoms with E-state index in [2.05, 4.69) is 15.4 Å². The zero-order valence-electron chi connectivity index (χ0n) is 16.5. The monoisotopic (exact) mass is 405 g/mol. The SMILES string of the molecule is Cc1ccccc1[C@@H](C)NC(=O)Cn1cnc2c(cnn2-c2ccc(F)cc2)c1=O. The largest absolute Gasteiger partial charge is 0.348 e. The van der Waals surface area contributed by atoms with Crippen molar-refractivity contribution in [2.24, 2.45) is 0 Å². The van der Waals surface area contributed by atoms with Gasteiger partial charge in [0.2, 0.25) is 5.91 Å². The lowest BCUT2D eigenvalue weighted by Crippen LogP contribution is -2.34. The molecule has 1 amide bonds. The molecule has 0 radical (unpaired) electrons. The fourth-order valence-corrected chi connectivity index (χ4v) is 3.42. The smallest absolute Gasteiger partial charge is 0.264 e. The third kappa shape index (κ3) is 3.71. The molecule has 0 fully saturated rings. The van der Waals surface area contributed by atoms with E-state index < -0.39 is 0 Å². The molecule has 4 aromatic rings. The Morgan fingerprint density at radius 1 is 1.17 bits per heavy atom. The van der Waals surface area contributed by atoms with Crippen molar-refractivity contribution in [1.82, 2.24) is 24.6 Å². The number of hydrogen-bond acceptors (Lipinski definition) is 4. The number of aryl methyl sites for hydroxylation is 1. The second-order valence-corrected chi connectivity index (χ2v) is 7.09. The quantitative estimate of drug-likeness (QED) is 0.554. The first kappa shape index (κ1) is 19.5. The van der Waals surface area contributed by atoms with E-state index in [1.807, 2.05) is 38.1 Å². The fraction of sp³-hybridized carbons (Fsp3) is 0.182. The number of hydrogen-bond donors (Lipinski definition) is 1. The predicted molar refractivity (Wildman–Crippen MR) is 111 cm³/mol. The van der Waals surface area contributed by atoms with Crippen molar-refractivity contribution in [2.75, 3.05) is 0 Å². The normalized spacial score (nSPS) is 12.1. The fourth-order valence-electron chi connectivity index (χ4n) is 3.42. The summed E-state index contributed by atoms with van der Waals surface area (Å²) < 4.78 is 15.9. The first-order valence-corrected chi connectivity index (χ1v) is 9.48. The molecular formula is C22H20FN5O2. The van der Waals surface area contributed by atoms with E-state index in [1.54, 1.807) is 12.1 Å². The van der Waals surface area contributed by atoms with Gasteiger partial charge in [0.1, 0.15) is 24.1 Å². The molecule has 0 saturated carbocycles. The maximum Gasteiger partial charge on any atom is 0.264 e. The summed E-state index contributed by atoms with van der Waals surface area (Å²) in [5.41, 5.74) is 2.66. The summed E-state index contributed by atoms with van der Waals surface area (Å²) in [5.74, 6) is -0.656. The van der Waals surface area contributed by atoms with E-state index in [1.165, 1.54) is 33.9 Å². The second-order valence-electron chi connectivity index (χ2n) is 7.09. The van der Waals surface area contributed by atoms with Crippen LogP contribution in [0.5, 0.6) is 0 Å². The minimum Gasteiger partial charge on any atom is -0.348 e. The Balaban J connectivity index is 1.56. The highest BCUT2D eigenvalue weighted by molar-refractivity contribution is 5.78. The summed E-state index contributed by atoms with van der Waals surface area (Å²) >= 11 is 0. The highest BCUT2D eigenvalue weighted by atomic mass is 19.1. The molecule has 0 aliphatic rings. The van der Waals surface area contributed by atoms with Gasteiger partial charge in [0, 0.05) is 0 Å². The van der Waals surface area contributed by atoms with E-state index in [-0.39, 0.29) is 35.3 Å². The van der Waals surface area contributed by atoms with E-state index >= 15 is 0 Å². The summed E-state index contributed by atoms with van der Waals surface area (Å²) in [4.78, 5) is 29.6. The van der Waals surface area contributed by atoms with Crippen molar-refractivity contribution in [1.29, 1.82) is 0 Å². The van der Waals surface area contributed by atoms with Crippen LogP contribution < -0.4 is 10.9 Å². The maximum absolute atomic E-state index is 13.2. The Morgan fingerprint density at radius 2 is 1.90 bits per heavy atom. The van der Waals surface area contributed by atoms with Crippen molar-refractivity contribution in [3.05, 3.63) is 88.4 Å². The first-order valence-electron chi connectivity index (χ1n) is 9.48. The van der Waals surface area contributed by atoms with Gasteiger partial charge in [-0.15, -0.1) is 0 Å². The Kier molecular flexibility index (Phi) is 5.14. The molecule has 2 heterocycles. The molecule has 8 heteroatoms. The number of fused-ring (bicyclic) bond motifs is 1. The highest BCUT2D eigenvalue weighted by Crippen LogP contribution is 2.17. The van der Waals surface area contributed by atoms with E-state index in [4.69, 9.17) is 0 Å². The van der Waals surface area contributed by atoms with Gasteiger partial charge in [-0.25, -0.2) is 14.1 Å². The zero-order chi connectivity index (χ0) is 21.3. The van der Waals surface area contributed by atoms with Gasteiger partial charge in [0.05, 0.1) is 17.9 Å². The van der Waals surface area contributed by atoms with Gasteiger partial charge in [-0.3, -0.25) is 14.2 Å². The van der Waals surface area contributed by atoms with Crippen LogP contribution in [0.1, 0.15) is 24.1 Å². The summed E-state index contributed by atoms with van der Waals surface area (Å²) in [6, 6.07) is 13.3. The van der Waals surface area contributed by atoms with Gasteiger partial charge in [-0.2, -0.15) is 5.10 Å². The number of rotatable bonds is 5. The first-order chi connectivity index (χ1) is 14.4. The highest BCUT2D eigenvalue weighted by Gasteiger charge is 2.15. The molecule has 7 nitrogen and oxygen atoms in total. The Hall–Kier alpha value is -3.81. The maximum atomic E-state index is 13.2. The van der Waals surface area contributed by atoms with Gasteiger partial charge in [-0.05, 0) is 49.2 Å². The minimum absolute atomic E-state index is 0.153. The van der Waals surface area contributed by atoms with Crippen LogP contribution in [0, 0.1) is 12.7 Å². The summed E-state index contributed by atoms with van der Waals surface area (Å²) in [6.07, 6.45) is 2.72.